The molecule has 0 rings (SSSR count). The van der Waals surface area contributed by atoms with Gasteiger partial charge in [0.25, 0.3) is 0 Å². The predicted molar refractivity (Wildman–Crippen MR) is 296 cm³/mol. The molecule has 0 aromatic heterocycles. The lowest BCUT2D eigenvalue weighted by Crippen LogP contribution is -2.53. The van der Waals surface area contributed by atoms with Crippen molar-refractivity contribution >= 4 is 83.7 Å². The van der Waals surface area contributed by atoms with Gasteiger partial charge in [0.15, 0.2) is 66.5 Å². The molecule has 0 aliphatic rings. The first kappa shape index (κ1) is 65.7. The van der Waals surface area contributed by atoms with Crippen molar-refractivity contribution in [3.63, 3.8) is 0 Å². The minimum Gasteiger partial charge on any atom is -0.456 e. The zero-order valence-corrected chi connectivity index (χ0v) is 56.2. The van der Waals surface area contributed by atoms with Crippen LogP contribution in [-0.2, 0) is 43.6 Å². The van der Waals surface area contributed by atoms with Crippen LogP contribution < -0.4 is 0 Å². The van der Waals surface area contributed by atoms with Crippen LogP contribution in [0.2, 0.25) is 181 Å². The van der Waals surface area contributed by atoms with Gasteiger partial charge in [-0.15, -0.1) is 0 Å². The molecule has 0 fully saturated rings. The van der Waals surface area contributed by atoms with Gasteiger partial charge >= 0.3 is 17.1 Å². The summed E-state index contributed by atoms with van der Waals surface area (Å²) in [5.41, 5.74) is 0. The second-order valence-corrected chi connectivity index (χ2v) is 69.2. The number of hydrogen-bond donors (Lipinski definition) is 2. The van der Waals surface area contributed by atoms with E-state index in [-0.39, 0.29) is 13.2 Å². The Balaban J connectivity index is 6.85. The molecule has 0 aliphatic carbocycles. The van der Waals surface area contributed by atoms with Gasteiger partial charge in [0.05, 0.1) is 13.2 Å². The normalized spacial score (nSPS) is 16.6. The van der Waals surface area contributed by atoms with Crippen LogP contribution >= 0.6 is 0 Å². The molecule has 0 aromatic rings. The molecule has 4 unspecified atom stereocenters. The van der Waals surface area contributed by atoms with E-state index in [2.05, 4.69) is 157 Å². The van der Waals surface area contributed by atoms with Crippen LogP contribution in [-0.4, -0.2) is 158 Å². The Morgan fingerprint density at radius 3 is 0.734 bits per heavy atom. The van der Waals surface area contributed by atoms with Crippen LogP contribution in [0, 0.1) is 0 Å². The fourth-order valence-corrected chi connectivity index (χ4v) is 49.7. The van der Waals surface area contributed by atoms with Crippen LogP contribution in [0.1, 0.15) is 25.7 Å². The third kappa shape index (κ3) is 34.1. The molecule has 0 saturated heterocycles. The molecule has 0 spiro atoms. The second kappa shape index (κ2) is 27.5. The first-order valence-electron chi connectivity index (χ1n) is 24.4. The van der Waals surface area contributed by atoms with Crippen molar-refractivity contribution in [2.24, 2.45) is 0 Å². The molecule has 0 aromatic carbocycles. The molecule has 0 bridgehead atoms. The van der Waals surface area contributed by atoms with Gasteiger partial charge in [-0.05, 0) is 207 Å². The van der Waals surface area contributed by atoms with Crippen molar-refractivity contribution in [2.45, 2.75) is 231 Å². The van der Waals surface area contributed by atoms with Gasteiger partial charge < -0.3 is 53.9 Å². The molecule has 386 valence electrons. The van der Waals surface area contributed by atoms with Gasteiger partial charge in [-0.25, -0.2) is 0 Å². The number of hydrogen-bond acceptors (Lipinski definition) is 12. The lowest BCUT2D eigenvalue weighted by Gasteiger charge is -2.39. The molecule has 64 heavy (non-hydrogen) atoms. The minimum absolute atomic E-state index is 0.269. The summed E-state index contributed by atoms with van der Waals surface area (Å²) in [5, 5.41) is 22.2. The summed E-state index contributed by atoms with van der Waals surface area (Å²) in [6.07, 6.45) is 0.162. The molecule has 4 atom stereocenters. The fraction of sp³-hybridized carbons (Fsp3) is 1.00. The maximum atomic E-state index is 11.1. The highest BCUT2D eigenvalue weighted by Gasteiger charge is 2.43. The highest BCUT2D eigenvalue weighted by molar-refractivity contribution is 6.89. The summed E-state index contributed by atoms with van der Waals surface area (Å²) >= 11 is 0. The summed E-state index contributed by atoms with van der Waals surface area (Å²) in [4.78, 5) is 0. The lowest BCUT2D eigenvalue weighted by atomic mass is 10.0. The largest absolute Gasteiger partial charge is 0.456 e. The maximum absolute atomic E-state index is 11.1. The maximum Gasteiger partial charge on any atom is 0.314 e. The van der Waals surface area contributed by atoms with E-state index in [1.54, 1.807) is 0 Å². The average Bonchev–Trinajstić information content (AvgIpc) is 3.00. The van der Waals surface area contributed by atoms with Crippen molar-refractivity contribution in [2.75, 3.05) is 39.6 Å². The van der Waals surface area contributed by atoms with Crippen LogP contribution in [0.3, 0.4) is 0 Å². The van der Waals surface area contributed by atoms with Gasteiger partial charge in [-0.1, -0.05) is 0 Å². The van der Waals surface area contributed by atoms with Crippen LogP contribution in [0.15, 0.2) is 0 Å². The first-order chi connectivity index (χ1) is 28.5. The molecule has 22 heteroatoms. The molecule has 2 N–H and O–H groups in total. The van der Waals surface area contributed by atoms with E-state index in [0.717, 1.165) is 43.4 Å². The monoisotopic (exact) mass is 1080 g/mol. The van der Waals surface area contributed by atoms with Crippen molar-refractivity contribution in [3.05, 3.63) is 0 Å². The third-order valence-corrected chi connectivity index (χ3v) is 41.0. The summed E-state index contributed by atoms with van der Waals surface area (Å²) in [7, 11) is -19.8. The molecule has 0 saturated carbocycles. The summed E-state index contributed by atoms with van der Waals surface area (Å²) < 4.78 is 67.5. The Kier molecular flexibility index (Phi) is 28.2. The Labute approximate surface area is 406 Å². The van der Waals surface area contributed by atoms with Gasteiger partial charge in [-0.3, -0.25) is 0 Å². The molecule has 0 aliphatic heterocycles. The summed E-state index contributed by atoms with van der Waals surface area (Å²) in [5.74, 6) is 0. The highest BCUT2D eigenvalue weighted by atomic mass is 28.5. The number of ether oxygens (including phenoxy) is 4. The molecule has 0 heterocycles. The van der Waals surface area contributed by atoms with E-state index < -0.39 is 108 Å². The molecular weight excluding hydrogens is 977 g/mol. The number of aliphatic hydroxyl groups excluding tert-OH is 2. The van der Waals surface area contributed by atoms with Gasteiger partial charge in [0, 0.05) is 26.4 Å². The summed E-state index contributed by atoms with van der Waals surface area (Å²) in [6.45, 7) is 54.8. The fourth-order valence-electron chi connectivity index (χ4n) is 8.62. The molecule has 0 amide bonds. The van der Waals surface area contributed by atoms with Crippen molar-refractivity contribution in [1.82, 2.24) is 0 Å². The van der Waals surface area contributed by atoms with Crippen LogP contribution in [0.5, 0.6) is 0 Å². The zero-order chi connectivity index (χ0) is 50.3. The van der Waals surface area contributed by atoms with Crippen molar-refractivity contribution < 1.29 is 53.9 Å². The highest BCUT2D eigenvalue weighted by Crippen LogP contribution is 2.29. The van der Waals surface area contributed by atoms with Crippen LogP contribution in [0.25, 0.3) is 0 Å². The van der Waals surface area contributed by atoms with Gasteiger partial charge in [-0.2, -0.15) is 0 Å². The van der Waals surface area contributed by atoms with E-state index in [4.69, 9.17) is 43.6 Å². The first-order valence-corrected chi connectivity index (χ1v) is 56.1. The van der Waals surface area contributed by atoms with Crippen molar-refractivity contribution in [3.8, 4) is 0 Å². The molecular formula is C42H106O12Si10. The predicted octanol–water partition coefficient (Wildman–Crippen LogP) is 11.7. The van der Waals surface area contributed by atoms with Crippen LogP contribution in [0.4, 0.5) is 0 Å². The Morgan fingerprint density at radius 1 is 0.297 bits per heavy atom. The SMILES string of the molecule is C[Si](C)(C)O[Si](C)(C)CCCOC(CO)C(OCCC[Si](C)(O[Si](C)(C)C)O[Si](C)(C)C)C(OCCC[Si](C)(C)O[Si](C)(C)C)C(CO)OCCC[Si](C)(O[Si](C)(C)C)O[Si](C)(C)C. The lowest BCUT2D eigenvalue weighted by molar-refractivity contribution is -0.191. The second-order valence-electron chi connectivity index (χ2n) is 25.3. The van der Waals surface area contributed by atoms with E-state index in [9.17, 15) is 10.2 Å². The summed E-state index contributed by atoms with van der Waals surface area (Å²) in [6, 6.07) is 3.45. The Morgan fingerprint density at radius 2 is 0.516 bits per heavy atom. The van der Waals surface area contributed by atoms with Gasteiger partial charge in [0.2, 0.25) is 0 Å². The average molecular weight is 1080 g/mol. The van der Waals surface area contributed by atoms with E-state index in [1.807, 2.05) is 0 Å². The zero-order valence-electron chi connectivity index (χ0n) is 46.2. The minimum atomic E-state index is -2.53. The van der Waals surface area contributed by atoms with Crippen molar-refractivity contribution in [1.29, 1.82) is 0 Å². The topological polar surface area (TPSA) is 133 Å². The van der Waals surface area contributed by atoms with E-state index >= 15 is 0 Å². The smallest absolute Gasteiger partial charge is 0.314 e. The Bertz CT molecular complexity index is 1240. The van der Waals surface area contributed by atoms with E-state index in [1.165, 1.54) is 0 Å². The molecule has 12 nitrogen and oxygen atoms in total. The number of aliphatic hydroxyl groups is 2. The Hall–Kier alpha value is 1.69. The standard InChI is InChI=1S/C42H106O12Si10/c1-55(2,3)49-61(19,20)33-25-29-45-39(37-43)42(48-32-28-36-64(24,53-59(13,14)15)54-60(16,17)18)41(47-31-26-34-62(21,22)50-56(4,5)6)40(38-44)46-30-27-35-63(23,51-57(7,8)9)52-58(10,11)12/h39-44H,25-38H2,1-24H3. The third-order valence-electron chi connectivity index (χ3n) is 9.35. The number of rotatable bonds is 37. The quantitative estimate of drug-likeness (QED) is 0.0453. The van der Waals surface area contributed by atoms with Gasteiger partial charge in [0.1, 0.15) is 24.4 Å². The van der Waals surface area contributed by atoms with E-state index in [0.29, 0.717) is 32.8 Å². The molecule has 0 radical (unpaired) electrons.